The van der Waals surface area contributed by atoms with Crippen molar-refractivity contribution in [2.75, 3.05) is 11.5 Å². The Morgan fingerprint density at radius 3 is 2.35 bits per heavy atom. The number of esters is 1. The fraction of sp³-hybridized carbons (Fsp3) is 0.321. The molecule has 0 aromatic heterocycles. The molecule has 2 aliphatic rings. The first kappa shape index (κ1) is 27.8. The van der Waals surface area contributed by atoms with E-state index < -0.39 is 46.0 Å². The number of ether oxygens (including phenoxy) is 3. The van der Waals surface area contributed by atoms with Gasteiger partial charge < -0.3 is 24.2 Å². The normalized spacial score (nSPS) is 20.6. The Labute approximate surface area is 230 Å². The summed E-state index contributed by atoms with van der Waals surface area (Å²) in [4.78, 5) is 13.1. The molecule has 3 atom stereocenters. The van der Waals surface area contributed by atoms with Gasteiger partial charge in [-0.25, -0.2) is 17.9 Å². The number of aliphatic hydroxyl groups excluding tert-OH is 1. The van der Waals surface area contributed by atoms with E-state index in [4.69, 9.17) is 4.74 Å². The molecular formula is C28H28F2N2O7S. The lowest BCUT2D eigenvalue weighted by Gasteiger charge is -2.44. The summed E-state index contributed by atoms with van der Waals surface area (Å²) in [6, 6.07) is 17.9. The number of nitrogens with zero attached hydrogens (tertiary/aromatic N) is 1. The minimum atomic E-state index is -4.30. The second kappa shape index (κ2) is 11.0. The van der Waals surface area contributed by atoms with E-state index >= 15 is 0 Å². The second-order valence-corrected chi connectivity index (χ2v) is 11.2. The van der Waals surface area contributed by atoms with E-state index in [0.717, 1.165) is 23.5 Å². The van der Waals surface area contributed by atoms with E-state index in [2.05, 4.69) is 14.2 Å². The van der Waals surface area contributed by atoms with Gasteiger partial charge in [0.1, 0.15) is 5.75 Å². The van der Waals surface area contributed by atoms with Gasteiger partial charge in [0, 0.05) is 6.07 Å². The van der Waals surface area contributed by atoms with Crippen molar-refractivity contribution in [2.45, 2.75) is 55.4 Å². The lowest BCUT2D eigenvalue weighted by Crippen LogP contribution is -2.56. The number of aliphatic hydroxyl groups is 1. The van der Waals surface area contributed by atoms with E-state index in [1.54, 1.807) is 0 Å². The van der Waals surface area contributed by atoms with Crippen LogP contribution < -0.4 is 19.1 Å². The van der Waals surface area contributed by atoms with Crippen LogP contribution in [0.1, 0.15) is 26.2 Å². The van der Waals surface area contributed by atoms with Crippen LogP contribution in [0.25, 0.3) is 0 Å². The Kier molecular flexibility index (Phi) is 7.67. The molecule has 3 aromatic rings. The first-order chi connectivity index (χ1) is 19.1. The molecule has 0 saturated heterocycles. The van der Waals surface area contributed by atoms with Crippen molar-refractivity contribution in [2.24, 2.45) is 0 Å². The standard InChI is InChI=1S/C28H28F2N2O7S/c1-2-37-27(34)28(29,30)39-18-9-7-10-19(17-18)40(35,36)31-20-11-8-14-23(26(20)33)32-21-12-3-5-15-24(21)38-25-16-6-4-13-22(25)32/h3-7,9-10,12-13,15-17,20,23,26,31,33H,2,8,11,14H2,1H3/t20-,23?,26+/m1/s1. The third-order valence-corrected chi connectivity index (χ3v) is 8.29. The average molecular weight is 575 g/mol. The molecule has 5 rings (SSSR count). The number of halogens is 2. The van der Waals surface area contributed by atoms with Gasteiger partial charge in [-0.3, -0.25) is 0 Å². The number of para-hydroxylation sites is 4. The number of hydrogen-bond acceptors (Lipinski definition) is 8. The van der Waals surface area contributed by atoms with Gasteiger partial charge in [-0.15, -0.1) is 0 Å². The summed E-state index contributed by atoms with van der Waals surface area (Å²) in [5, 5.41) is 11.5. The van der Waals surface area contributed by atoms with Crippen LogP contribution in [0.5, 0.6) is 17.2 Å². The predicted molar refractivity (Wildman–Crippen MR) is 142 cm³/mol. The maximum Gasteiger partial charge on any atom is 0.502 e. The predicted octanol–water partition coefficient (Wildman–Crippen LogP) is 4.73. The van der Waals surface area contributed by atoms with Crippen molar-refractivity contribution in [1.82, 2.24) is 4.72 Å². The summed E-state index contributed by atoms with van der Waals surface area (Å²) in [6.45, 7) is 1.09. The molecule has 0 radical (unpaired) electrons. The number of alkyl halides is 2. The van der Waals surface area contributed by atoms with E-state index in [1.807, 2.05) is 53.4 Å². The molecule has 1 aliphatic carbocycles. The number of carbonyl (C=O) groups excluding carboxylic acids is 1. The van der Waals surface area contributed by atoms with Crippen molar-refractivity contribution in [1.29, 1.82) is 0 Å². The molecule has 1 saturated carbocycles. The van der Waals surface area contributed by atoms with Gasteiger partial charge in [0.05, 0.1) is 41.1 Å². The van der Waals surface area contributed by atoms with Crippen molar-refractivity contribution in [3.8, 4) is 17.2 Å². The van der Waals surface area contributed by atoms with Gasteiger partial charge in [0.25, 0.3) is 0 Å². The molecule has 1 fully saturated rings. The zero-order chi connectivity index (χ0) is 28.5. The Bertz CT molecular complexity index is 1460. The van der Waals surface area contributed by atoms with Gasteiger partial charge >= 0.3 is 12.1 Å². The van der Waals surface area contributed by atoms with Crippen LogP contribution in [0.2, 0.25) is 0 Å². The van der Waals surface area contributed by atoms with Crippen LogP contribution in [0.4, 0.5) is 20.2 Å². The molecule has 0 spiro atoms. The number of hydrogen-bond donors (Lipinski definition) is 2. The SMILES string of the molecule is CCOC(=O)C(F)(F)Oc1cccc(S(=O)(=O)N[C@@H]2CCCC(N3c4ccccc4Oc4ccccc43)[C@H]2O)c1. The molecule has 3 aromatic carbocycles. The first-order valence-corrected chi connectivity index (χ1v) is 14.3. The highest BCUT2D eigenvalue weighted by molar-refractivity contribution is 7.89. The third-order valence-electron chi connectivity index (χ3n) is 6.80. The lowest BCUT2D eigenvalue weighted by molar-refractivity contribution is -0.216. The highest BCUT2D eigenvalue weighted by Gasteiger charge is 2.45. The fourth-order valence-corrected chi connectivity index (χ4v) is 6.36. The molecule has 40 heavy (non-hydrogen) atoms. The summed E-state index contributed by atoms with van der Waals surface area (Å²) in [5.74, 6) is -1.19. The highest BCUT2D eigenvalue weighted by Crippen LogP contribution is 2.49. The van der Waals surface area contributed by atoms with Gasteiger partial charge in [-0.2, -0.15) is 8.78 Å². The molecule has 212 valence electrons. The Morgan fingerprint density at radius 2 is 1.70 bits per heavy atom. The highest BCUT2D eigenvalue weighted by atomic mass is 32.2. The minimum absolute atomic E-state index is 0.275. The largest absolute Gasteiger partial charge is 0.502 e. The molecule has 1 heterocycles. The van der Waals surface area contributed by atoms with Crippen LogP contribution in [0.3, 0.4) is 0 Å². The molecule has 0 amide bonds. The maximum atomic E-state index is 14.1. The van der Waals surface area contributed by atoms with Gasteiger partial charge in [0.2, 0.25) is 10.0 Å². The minimum Gasteiger partial charge on any atom is -0.459 e. The second-order valence-electron chi connectivity index (χ2n) is 9.44. The Hall–Kier alpha value is -3.74. The summed E-state index contributed by atoms with van der Waals surface area (Å²) < 4.78 is 72.1. The van der Waals surface area contributed by atoms with E-state index in [1.165, 1.54) is 19.1 Å². The number of sulfonamides is 1. The van der Waals surface area contributed by atoms with E-state index in [9.17, 15) is 27.1 Å². The number of benzene rings is 3. The topological polar surface area (TPSA) is 114 Å². The molecule has 1 aliphatic heterocycles. The molecule has 12 heteroatoms. The Morgan fingerprint density at radius 1 is 1.05 bits per heavy atom. The van der Waals surface area contributed by atoms with Gasteiger partial charge in [-0.05, 0) is 62.6 Å². The average Bonchev–Trinajstić information content (AvgIpc) is 2.93. The summed E-state index contributed by atoms with van der Waals surface area (Å²) in [5.41, 5.74) is 1.50. The van der Waals surface area contributed by atoms with Crippen molar-refractivity contribution in [3.63, 3.8) is 0 Å². The van der Waals surface area contributed by atoms with Crippen molar-refractivity contribution >= 4 is 27.4 Å². The van der Waals surface area contributed by atoms with Crippen molar-refractivity contribution < 1.29 is 41.3 Å². The summed E-state index contributed by atoms with van der Waals surface area (Å²) in [6.07, 6.45) is -3.85. The fourth-order valence-electron chi connectivity index (χ4n) is 5.03. The van der Waals surface area contributed by atoms with Crippen LogP contribution in [0.15, 0.2) is 77.7 Å². The number of carbonyl (C=O) groups is 1. The van der Waals surface area contributed by atoms with Crippen LogP contribution >= 0.6 is 0 Å². The monoisotopic (exact) mass is 574 g/mol. The lowest BCUT2D eigenvalue weighted by atomic mass is 9.86. The zero-order valence-corrected chi connectivity index (χ0v) is 22.3. The number of fused-ring (bicyclic) bond motifs is 2. The first-order valence-electron chi connectivity index (χ1n) is 12.8. The molecule has 9 nitrogen and oxygen atoms in total. The Balaban J connectivity index is 1.38. The van der Waals surface area contributed by atoms with Gasteiger partial charge in [0.15, 0.2) is 11.5 Å². The number of nitrogens with one attached hydrogen (secondary N) is 1. The molecule has 0 bridgehead atoms. The molecule has 2 N–H and O–H groups in total. The van der Waals surface area contributed by atoms with Crippen LogP contribution in [-0.4, -0.2) is 50.4 Å². The third kappa shape index (κ3) is 5.47. The van der Waals surface area contributed by atoms with Crippen LogP contribution in [-0.2, 0) is 19.6 Å². The number of rotatable bonds is 8. The van der Waals surface area contributed by atoms with Gasteiger partial charge in [-0.1, -0.05) is 30.3 Å². The van der Waals surface area contributed by atoms with Crippen molar-refractivity contribution in [3.05, 3.63) is 72.8 Å². The number of anilines is 2. The smallest absolute Gasteiger partial charge is 0.459 e. The van der Waals surface area contributed by atoms with Crippen LogP contribution in [0, 0.1) is 0 Å². The molecule has 1 unspecified atom stereocenters. The van der Waals surface area contributed by atoms with E-state index in [-0.39, 0.29) is 11.5 Å². The summed E-state index contributed by atoms with van der Waals surface area (Å²) >= 11 is 0. The quantitative estimate of drug-likeness (QED) is 0.372. The zero-order valence-electron chi connectivity index (χ0n) is 21.5. The molecular weight excluding hydrogens is 546 g/mol. The van der Waals surface area contributed by atoms with E-state index in [0.29, 0.717) is 30.8 Å². The summed E-state index contributed by atoms with van der Waals surface area (Å²) in [7, 11) is -4.27. The maximum absolute atomic E-state index is 14.1.